The number of hydrogen-bond acceptors (Lipinski definition) is 4. The summed E-state index contributed by atoms with van der Waals surface area (Å²) in [6, 6.07) is 0.384. The molecule has 0 aliphatic heterocycles. The molecule has 1 aliphatic carbocycles. The molecule has 0 bridgehead atoms. The molecule has 1 aliphatic rings. The van der Waals surface area contributed by atoms with Gasteiger partial charge in [0, 0.05) is 25.6 Å². The minimum atomic E-state index is 0.249. The summed E-state index contributed by atoms with van der Waals surface area (Å²) in [5.41, 5.74) is 5.37. The van der Waals surface area contributed by atoms with E-state index in [9.17, 15) is 5.11 Å². The van der Waals surface area contributed by atoms with Crippen LogP contribution in [0.25, 0.3) is 0 Å². The van der Waals surface area contributed by atoms with Crippen LogP contribution in [0.2, 0.25) is 0 Å². The zero-order chi connectivity index (χ0) is 11.1. The van der Waals surface area contributed by atoms with Crippen molar-refractivity contribution < 1.29 is 10.3 Å². The van der Waals surface area contributed by atoms with Gasteiger partial charge >= 0.3 is 0 Å². The van der Waals surface area contributed by atoms with Crippen LogP contribution < -0.4 is 11.1 Å². The molecular formula is C10H21N3O2. The Morgan fingerprint density at radius 2 is 2.13 bits per heavy atom. The first-order valence-corrected chi connectivity index (χ1v) is 5.58. The van der Waals surface area contributed by atoms with Crippen LogP contribution in [0.5, 0.6) is 0 Å². The van der Waals surface area contributed by atoms with Gasteiger partial charge in [-0.25, -0.2) is 0 Å². The summed E-state index contributed by atoms with van der Waals surface area (Å²) in [5, 5.41) is 23.8. The Morgan fingerprint density at radius 1 is 1.40 bits per heavy atom. The molecule has 5 N–H and O–H groups in total. The molecule has 1 fully saturated rings. The van der Waals surface area contributed by atoms with Gasteiger partial charge in [0.15, 0.2) is 0 Å². The maximum atomic E-state index is 9.19. The van der Waals surface area contributed by atoms with Crippen LogP contribution >= 0.6 is 0 Å². The average Bonchev–Trinajstić information content (AvgIpc) is 2.29. The molecule has 15 heavy (non-hydrogen) atoms. The third-order valence-corrected chi connectivity index (χ3v) is 3.06. The number of nitrogens with one attached hydrogen (secondary N) is 1. The SMILES string of the molecule is NC(CCNC1CCCCC1CO)=NO. The third kappa shape index (κ3) is 4.05. The number of amidine groups is 1. The lowest BCUT2D eigenvalue weighted by Gasteiger charge is -2.31. The smallest absolute Gasteiger partial charge is 0.140 e. The molecule has 0 heterocycles. The second-order valence-corrected chi connectivity index (χ2v) is 4.13. The van der Waals surface area contributed by atoms with Crippen molar-refractivity contribution in [3.63, 3.8) is 0 Å². The molecule has 5 nitrogen and oxygen atoms in total. The largest absolute Gasteiger partial charge is 0.409 e. The van der Waals surface area contributed by atoms with Gasteiger partial charge in [-0.15, -0.1) is 0 Å². The van der Waals surface area contributed by atoms with Crippen LogP contribution in [0, 0.1) is 5.92 Å². The van der Waals surface area contributed by atoms with Crippen molar-refractivity contribution >= 4 is 5.84 Å². The fourth-order valence-electron chi connectivity index (χ4n) is 2.13. The number of nitrogens with zero attached hydrogens (tertiary/aromatic N) is 1. The van der Waals surface area contributed by atoms with Crippen LogP contribution in [-0.2, 0) is 0 Å². The normalized spacial score (nSPS) is 27.9. The summed E-state index contributed by atoms with van der Waals surface area (Å²) >= 11 is 0. The van der Waals surface area contributed by atoms with Crippen molar-refractivity contribution in [2.45, 2.75) is 38.1 Å². The van der Waals surface area contributed by atoms with Crippen LogP contribution in [0.3, 0.4) is 0 Å². The topological polar surface area (TPSA) is 90.9 Å². The highest BCUT2D eigenvalue weighted by atomic mass is 16.4. The Bertz CT molecular complexity index is 209. The summed E-state index contributed by atoms with van der Waals surface area (Å²) in [6.45, 7) is 0.957. The van der Waals surface area contributed by atoms with E-state index in [2.05, 4.69) is 10.5 Å². The molecule has 1 saturated carbocycles. The van der Waals surface area contributed by atoms with Gasteiger partial charge in [-0.3, -0.25) is 0 Å². The molecule has 0 aromatic rings. The van der Waals surface area contributed by atoms with Gasteiger partial charge in [-0.2, -0.15) is 0 Å². The van der Waals surface area contributed by atoms with Gasteiger partial charge in [0.05, 0.1) is 0 Å². The van der Waals surface area contributed by atoms with Crippen molar-refractivity contribution in [3.8, 4) is 0 Å². The Hall–Kier alpha value is -0.810. The van der Waals surface area contributed by atoms with E-state index in [1.165, 1.54) is 12.8 Å². The molecule has 2 unspecified atom stereocenters. The monoisotopic (exact) mass is 215 g/mol. The van der Waals surface area contributed by atoms with Crippen molar-refractivity contribution in [2.75, 3.05) is 13.2 Å². The van der Waals surface area contributed by atoms with E-state index in [0.717, 1.165) is 12.8 Å². The van der Waals surface area contributed by atoms with Gasteiger partial charge in [0.25, 0.3) is 0 Å². The number of aliphatic hydroxyl groups is 1. The van der Waals surface area contributed by atoms with Gasteiger partial charge in [0.2, 0.25) is 0 Å². The quantitative estimate of drug-likeness (QED) is 0.229. The van der Waals surface area contributed by atoms with E-state index >= 15 is 0 Å². The summed E-state index contributed by atoms with van der Waals surface area (Å²) < 4.78 is 0. The van der Waals surface area contributed by atoms with Crippen LogP contribution in [-0.4, -0.2) is 35.3 Å². The number of hydrogen-bond donors (Lipinski definition) is 4. The lowest BCUT2D eigenvalue weighted by Crippen LogP contribution is -2.41. The lowest BCUT2D eigenvalue weighted by atomic mass is 9.85. The van der Waals surface area contributed by atoms with Crippen molar-refractivity contribution in [3.05, 3.63) is 0 Å². The number of aliphatic hydroxyl groups excluding tert-OH is 1. The van der Waals surface area contributed by atoms with Gasteiger partial charge in [-0.05, 0) is 18.8 Å². The van der Waals surface area contributed by atoms with Crippen molar-refractivity contribution in [2.24, 2.45) is 16.8 Å². The minimum absolute atomic E-state index is 0.249. The highest BCUT2D eigenvalue weighted by molar-refractivity contribution is 5.79. The molecule has 88 valence electrons. The maximum absolute atomic E-state index is 9.19. The Balaban J connectivity index is 2.23. The number of rotatable bonds is 5. The molecule has 0 amide bonds. The Kier molecular flexibility index (Phi) is 5.42. The van der Waals surface area contributed by atoms with E-state index in [1.54, 1.807) is 0 Å². The van der Waals surface area contributed by atoms with E-state index in [4.69, 9.17) is 10.9 Å². The molecule has 0 aromatic heterocycles. The first-order chi connectivity index (χ1) is 7.27. The lowest BCUT2D eigenvalue weighted by molar-refractivity contribution is 0.154. The van der Waals surface area contributed by atoms with E-state index in [0.29, 0.717) is 24.9 Å². The van der Waals surface area contributed by atoms with Gasteiger partial charge < -0.3 is 21.4 Å². The highest BCUT2D eigenvalue weighted by Gasteiger charge is 2.23. The molecule has 0 radical (unpaired) electrons. The van der Waals surface area contributed by atoms with Gasteiger partial charge in [0.1, 0.15) is 5.84 Å². The minimum Gasteiger partial charge on any atom is -0.409 e. The van der Waals surface area contributed by atoms with Crippen LogP contribution in [0.4, 0.5) is 0 Å². The second-order valence-electron chi connectivity index (χ2n) is 4.13. The first kappa shape index (κ1) is 12.3. The Morgan fingerprint density at radius 3 is 2.80 bits per heavy atom. The number of nitrogens with two attached hydrogens (primary N) is 1. The summed E-state index contributed by atoms with van der Waals surface area (Å²) in [4.78, 5) is 0. The first-order valence-electron chi connectivity index (χ1n) is 5.58. The van der Waals surface area contributed by atoms with E-state index in [-0.39, 0.29) is 12.4 Å². The van der Waals surface area contributed by atoms with Gasteiger partial charge in [-0.1, -0.05) is 18.0 Å². The van der Waals surface area contributed by atoms with Crippen LogP contribution in [0.15, 0.2) is 5.16 Å². The van der Waals surface area contributed by atoms with Crippen LogP contribution in [0.1, 0.15) is 32.1 Å². The number of oxime groups is 1. The molecule has 0 saturated heterocycles. The molecule has 1 rings (SSSR count). The fourth-order valence-corrected chi connectivity index (χ4v) is 2.13. The Labute approximate surface area is 90.3 Å². The van der Waals surface area contributed by atoms with E-state index < -0.39 is 0 Å². The van der Waals surface area contributed by atoms with Crippen molar-refractivity contribution in [1.29, 1.82) is 0 Å². The van der Waals surface area contributed by atoms with Crippen molar-refractivity contribution in [1.82, 2.24) is 5.32 Å². The molecule has 2 atom stereocenters. The summed E-state index contributed by atoms with van der Waals surface area (Å²) in [5.74, 6) is 0.616. The zero-order valence-corrected chi connectivity index (χ0v) is 9.02. The standard InChI is InChI=1S/C10H21N3O2/c11-10(13-15)5-6-12-9-4-2-1-3-8(9)7-14/h8-9,12,14-15H,1-7H2,(H2,11,13). The maximum Gasteiger partial charge on any atom is 0.140 e. The molecular weight excluding hydrogens is 194 g/mol. The molecule has 0 aromatic carbocycles. The summed E-state index contributed by atoms with van der Waals surface area (Å²) in [6.07, 6.45) is 5.19. The van der Waals surface area contributed by atoms with E-state index in [1.807, 2.05) is 0 Å². The fraction of sp³-hybridized carbons (Fsp3) is 0.900. The second kappa shape index (κ2) is 6.63. The third-order valence-electron chi connectivity index (χ3n) is 3.06. The average molecular weight is 215 g/mol. The predicted octanol–water partition coefficient (Wildman–Crippen LogP) is 0.264. The molecule has 0 spiro atoms. The summed E-state index contributed by atoms with van der Waals surface area (Å²) in [7, 11) is 0. The highest BCUT2D eigenvalue weighted by Crippen LogP contribution is 2.23. The predicted molar refractivity (Wildman–Crippen MR) is 58.9 cm³/mol. The molecule has 5 heteroatoms. The zero-order valence-electron chi connectivity index (χ0n) is 9.02.